The maximum absolute atomic E-state index is 13.0. The van der Waals surface area contributed by atoms with Gasteiger partial charge in [-0.05, 0) is 49.4 Å². The summed E-state index contributed by atoms with van der Waals surface area (Å²) >= 11 is 7.01. The molecule has 6 nitrogen and oxygen atoms in total. The molecule has 2 aromatic carbocycles. The molecule has 1 atom stereocenters. The van der Waals surface area contributed by atoms with Crippen LogP contribution in [0.3, 0.4) is 0 Å². The van der Waals surface area contributed by atoms with Crippen LogP contribution >= 0.6 is 22.9 Å². The van der Waals surface area contributed by atoms with Gasteiger partial charge in [0, 0.05) is 11.1 Å². The molecule has 0 unspecified atom stereocenters. The monoisotopic (exact) mass is 484 g/mol. The van der Waals surface area contributed by atoms with E-state index in [1.54, 1.807) is 17.6 Å². The zero-order valence-corrected chi connectivity index (χ0v) is 18.1. The predicted octanol–water partition coefficient (Wildman–Crippen LogP) is 5.58. The van der Waals surface area contributed by atoms with Gasteiger partial charge in [-0.1, -0.05) is 11.6 Å². The van der Waals surface area contributed by atoms with Crippen LogP contribution in [0.15, 0.2) is 53.4 Å². The van der Waals surface area contributed by atoms with Crippen LogP contribution in [0.25, 0.3) is 0 Å². The Bertz CT molecular complexity index is 1090. The highest BCUT2D eigenvalue weighted by atomic mass is 35.5. The summed E-state index contributed by atoms with van der Waals surface area (Å²) in [6.45, 7) is 1.59. The van der Waals surface area contributed by atoms with Crippen molar-refractivity contribution in [1.29, 1.82) is 0 Å². The molecule has 0 radical (unpaired) electrons. The number of nitrogens with zero attached hydrogens (tertiary/aromatic N) is 1. The van der Waals surface area contributed by atoms with Gasteiger partial charge in [-0.3, -0.25) is 4.79 Å². The summed E-state index contributed by atoms with van der Waals surface area (Å²) in [6, 6.07) is 9.03. The zero-order valence-electron chi connectivity index (χ0n) is 16.5. The minimum atomic E-state index is -4.67. The smallest absolute Gasteiger partial charge is 0.417 e. The van der Waals surface area contributed by atoms with Gasteiger partial charge in [-0.2, -0.15) is 13.2 Å². The molecule has 1 heterocycles. The first kappa shape index (κ1) is 23.6. The van der Waals surface area contributed by atoms with E-state index in [2.05, 4.69) is 10.3 Å². The Morgan fingerprint density at radius 3 is 2.53 bits per heavy atom. The number of rotatable bonds is 7. The average molecular weight is 485 g/mol. The van der Waals surface area contributed by atoms with Gasteiger partial charge in [0.15, 0.2) is 6.10 Å². The second-order valence-corrected chi connectivity index (χ2v) is 7.65. The first-order valence-electron chi connectivity index (χ1n) is 9.12. The van der Waals surface area contributed by atoms with Crippen molar-refractivity contribution in [2.24, 2.45) is 0 Å². The molecule has 0 saturated heterocycles. The van der Waals surface area contributed by atoms with Crippen molar-refractivity contribution in [2.75, 3.05) is 5.32 Å². The van der Waals surface area contributed by atoms with E-state index in [0.717, 1.165) is 11.8 Å². The minimum Gasteiger partial charge on any atom is -0.487 e. The number of benzene rings is 2. The molecule has 11 heteroatoms. The second kappa shape index (κ2) is 10.0. The van der Waals surface area contributed by atoms with Crippen molar-refractivity contribution in [3.05, 3.63) is 75.2 Å². The Labute approximate surface area is 189 Å². The van der Waals surface area contributed by atoms with Gasteiger partial charge in [-0.15, -0.1) is 11.3 Å². The Kier molecular flexibility index (Phi) is 7.37. The van der Waals surface area contributed by atoms with Crippen molar-refractivity contribution < 1.29 is 32.2 Å². The van der Waals surface area contributed by atoms with E-state index in [1.807, 2.05) is 5.38 Å². The van der Waals surface area contributed by atoms with Crippen molar-refractivity contribution in [2.45, 2.75) is 25.8 Å². The lowest BCUT2D eigenvalue weighted by Gasteiger charge is -2.15. The summed E-state index contributed by atoms with van der Waals surface area (Å²) in [5, 5.41) is 3.64. The number of alkyl halides is 3. The maximum Gasteiger partial charge on any atom is 0.417 e. The molecule has 32 heavy (non-hydrogen) atoms. The Morgan fingerprint density at radius 1 is 1.19 bits per heavy atom. The molecule has 0 aliphatic carbocycles. The van der Waals surface area contributed by atoms with Crippen LogP contribution in [0, 0.1) is 0 Å². The van der Waals surface area contributed by atoms with Crippen LogP contribution < -0.4 is 10.1 Å². The molecule has 0 aliphatic heterocycles. The normalized spacial score (nSPS) is 12.2. The van der Waals surface area contributed by atoms with E-state index < -0.39 is 34.7 Å². The number of hydrogen-bond acceptors (Lipinski definition) is 6. The number of esters is 1. The molecule has 168 valence electrons. The molecule has 1 amide bonds. The fourth-order valence-corrected chi connectivity index (χ4v) is 3.27. The average Bonchev–Trinajstić information content (AvgIpc) is 3.26. The summed E-state index contributed by atoms with van der Waals surface area (Å²) in [5.74, 6) is -1.05. The highest BCUT2D eigenvalue weighted by Gasteiger charge is 2.33. The van der Waals surface area contributed by atoms with Crippen LogP contribution in [0.1, 0.15) is 28.5 Å². The largest absolute Gasteiger partial charge is 0.487 e. The number of carbonyl (C=O) groups is 2. The van der Waals surface area contributed by atoms with Gasteiger partial charge in [-0.25, -0.2) is 9.78 Å². The molecule has 3 aromatic rings. The van der Waals surface area contributed by atoms with Gasteiger partial charge in [0.05, 0.1) is 27.4 Å². The lowest BCUT2D eigenvalue weighted by atomic mass is 10.2. The molecule has 0 fully saturated rings. The van der Waals surface area contributed by atoms with E-state index in [4.69, 9.17) is 21.1 Å². The van der Waals surface area contributed by atoms with Crippen molar-refractivity contribution in [1.82, 2.24) is 4.98 Å². The molecule has 0 saturated carbocycles. The molecule has 0 bridgehead atoms. The van der Waals surface area contributed by atoms with Crippen LogP contribution in [-0.2, 0) is 22.3 Å². The number of nitrogens with one attached hydrogen (secondary N) is 1. The second-order valence-electron chi connectivity index (χ2n) is 6.52. The van der Waals surface area contributed by atoms with Crippen LogP contribution in [0.4, 0.5) is 18.9 Å². The van der Waals surface area contributed by atoms with E-state index in [9.17, 15) is 22.8 Å². The maximum atomic E-state index is 13.0. The molecule has 0 aliphatic rings. The number of aromatic nitrogens is 1. The number of thiazole rings is 1. The molecule has 3 rings (SSSR count). The first-order valence-corrected chi connectivity index (χ1v) is 10.4. The highest BCUT2D eigenvalue weighted by Crippen LogP contribution is 2.36. The Balaban J connectivity index is 1.56. The lowest BCUT2D eigenvalue weighted by Crippen LogP contribution is -2.30. The Hall–Kier alpha value is -3.11. The number of anilines is 1. The van der Waals surface area contributed by atoms with Crippen LogP contribution in [0.2, 0.25) is 5.02 Å². The fourth-order valence-electron chi connectivity index (χ4n) is 2.50. The van der Waals surface area contributed by atoms with Crippen molar-refractivity contribution in [3.63, 3.8) is 0 Å². The number of halogens is 4. The summed E-state index contributed by atoms with van der Waals surface area (Å²) in [7, 11) is 0. The van der Waals surface area contributed by atoms with Gasteiger partial charge in [0.25, 0.3) is 5.91 Å². The summed E-state index contributed by atoms with van der Waals surface area (Å²) in [5.41, 5.74) is 1.44. The van der Waals surface area contributed by atoms with Gasteiger partial charge in [0.1, 0.15) is 12.4 Å². The zero-order chi connectivity index (χ0) is 23.3. The van der Waals surface area contributed by atoms with Gasteiger partial charge in [0.2, 0.25) is 0 Å². The van der Waals surface area contributed by atoms with Gasteiger partial charge >= 0.3 is 12.1 Å². The van der Waals surface area contributed by atoms with E-state index in [1.165, 1.54) is 36.5 Å². The molecule has 1 aromatic heterocycles. The third-order valence-corrected chi connectivity index (χ3v) is 5.12. The molecule has 0 spiro atoms. The lowest BCUT2D eigenvalue weighted by molar-refractivity contribution is -0.137. The molecule has 1 N–H and O–H groups in total. The van der Waals surface area contributed by atoms with Crippen molar-refractivity contribution >= 4 is 40.5 Å². The minimum absolute atomic E-state index is 0.128. The Morgan fingerprint density at radius 2 is 1.91 bits per heavy atom. The quantitative estimate of drug-likeness (QED) is 0.443. The summed E-state index contributed by atoms with van der Waals surface area (Å²) < 4.78 is 49.5. The van der Waals surface area contributed by atoms with E-state index in [0.29, 0.717) is 11.8 Å². The topological polar surface area (TPSA) is 77.5 Å². The molecular formula is C21H16ClF3N2O4S. The number of carbonyl (C=O) groups excluding carboxylic acids is 2. The summed E-state index contributed by atoms with van der Waals surface area (Å²) in [6.07, 6.45) is -5.93. The predicted molar refractivity (Wildman–Crippen MR) is 113 cm³/mol. The SMILES string of the molecule is C[C@@H](OC(=O)c1ccc(OCc2cscn2)cc1)C(=O)Nc1ccc(Cl)c(C(F)(F)F)c1. The number of hydrogen-bond donors (Lipinski definition) is 1. The van der Waals surface area contributed by atoms with E-state index >= 15 is 0 Å². The third-order valence-electron chi connectivity index (χ3n) is 4.15. The van der Waals surface area contributed by atoms with E-state index in [-0.39, 0.29) is 17.9 Å². The first-order chi connectivity index (χ1) is 15.1. The van der Waals surface area contributed by atoms with Crippen molar-refractivity contribution in [3.8, 4) is 5.75 Å². The number of amides is 1. The molecular weight excluding hydrogens is 469 g/mol. The fraction of sp³-hybridized carbons (Fsp3) is 0.190. The number of ether oxygens (including phenoxy) is 2. The van der Waals surface area contributed by atoms with Crippen LogP contribution in [-0.4, -0.2) is 23.0 Å². The third kappa shape index (κ3) is 6.21. The standard InChI is InChI=1S/C21H16ClF3N2O4S/c1-12(19(28)27-14-4-7-18(22)17(8-14)21(23,24)25)31-20(29)13-2-5-16(6-3-13)30-9-15-10-32-11-26-15/h2-8,10-12H,9H2,1H3,(H,27,28)/t12-/m1/s1. The highest BCUT2D eigenvalue weighted by molar-refractivity contribution is 7.07. The van der Waals surface area contributed by atoms with Crippen LogP contribution in [0.5, 0.6) is 5.75 Å². The van der Waals surface area contributed by atoms with Gasteiger partial charge < -0.3 is 14.8 Å². The summed E-state index contributed by atoms with van der Waals surface area (Å²) in [4.78, 5) is 28.6.